The number of guanidine groups is 6. The van der Waals surface area contributed by atoms with Crippen molar-refractivity contribution in [3.8, 4) is 28.7 Å². The van der Waals surface area contributed by atoms with E-state index in [4.69, 9.17) is 93.5 Å². The number of phenols is 3. The number of amides is 14. The molecular formula is C90H138N34O20. The Kier molecular flexibility index (Phi) is 47.9. The average molecular weight is 2020 g/mol. The molecule has 0 unspecified atom stereocenters. The summed E-state index contributed by atoms with van der Waals surface area (Å²) in [6.45, 7) is -0.892. The highest BCUT2D eigenvalue weighted by molar-refractivity contribution is 6.03. The lowest BCUT2D eigenvalue weighted by molar-refractivity contribution is -0.136. The zero-order valence-electron chi connectivity index (χ0n) is 80.3. The molecular weight excluding hydrogens is 1880 g/mol. The van der Waals surface area contributed by atoms with Crippen molar-refractivity contribution in [3.05, 3.63) is 112 Å². The van der Waals surface area contributed by atoms with Crippen LogP contribution in [-0.4, -0.2) is 285 Å². The van der Waals surface area contributed by atoms with Gasteiger partial charge in [-0.25, -0.2) is 4.79 Å². The summed E-state index contributed by atoms with van der Waals surface area (Å²) in [6, 6.07) is 2.70. The first kappa shape index (κ1) is 116. The predicted molar refractivity (Wildman–Crippen MR) is 527 cm³/mol. The third-order valence-electron chi connectivity index (χ3n) is 22.8. The van der Waals surface area contributed by atoms with Crippen LogP contribution < -0.4 is 152 Å². The van der Waals surface area contributed by atoms with Gasteiger partial charge in [0.1, 0.15) is 89.2 Å². The zero-order chi connectivity index (χ0) is 106. The summed E-state index contributed by atoms with van der Waals surface area (Å²) in [7, 11) is 3.27. The summed E-state index contributed by atoms with van der Waals surface area (Å²) in [5, 5.41) is 125. The van der Waals surface area contributed by atoms with E-state index < -0.39 is 210 Å². The van der Waals surface area contributed by atoms with Crippen LogP contribution in [0.4, 0.5) is 0 Å². The van der Waals surface area contributed by atoms with Gasteiger partial charge in [0.25, 0.3) is 5.91 Å². The predicted octanol–water partition coefficient (Wildman–Crippen LogP) is -7.11. The first-order chi connectivity index (χ1) is 68.4. The number of unbranched alkanes of at least 4 members (excludes halogenated alkanes) is 2. The van der Waals surface area contributed by atoms with Crippen molar-refractivity contribution in [1.82, 2.24) is 101 Å². The monoisotopic (exact) mass is 2020 g/mol. The molecule has 1 spiro atoms. The van der Waals surface area contributed by atoms with E-state index in [0.717, 1.165) is 0 Å². The van der Waals surface area contributed by atoms with Crippen molar-refractivity contribution in [1.29, 1.82) is 32.5 Å². The number of phenolic OH excluding ortho intramolecular Hbond substituents is 3. The SMILES string of the molecule is CN(C)C(=N)NCCC[C@H](NC(=O)[C@H](CCCNC(=N)N)NC(=O)[C@H](CCCNC(=N)N)NC(=O)[C@H](CCC(N)=O)NC(=O)[C@H](CCCNC(=N)N)NC(=O)[C@H](CCCNC(=N)N)NC(=O)[C@H](CCCCN)NC(=O)[C@H](CCCCN)NC(=O)[C@H](CCCNC(=N)N)NC(=O)CNC(=O)[C@H](Cc1ccc(O)cc1)NC(=O)CCNC(=O)c1ccc2c(c1)C1(OC2=O)c2ccc(O)cc2Oc2cc(O)ccc21)C(N)=O. The zero-order valence-corrected chi connectivity index (χ0v) is 80.3. The number of esters is 1. The van der Waals surface area contributed by atoms with E-state index >= 15 is 9.59 Å². The van der Waals surface area contributed by atoms with Crippen LogP contribution in [0.3, 0.4) is 0 Å². The molecule has 0 saturated heterocycles. The number of hydrogen-bond acceptors (Lipinski definition) is 28. The molecule has 2 aliphatic heterocycles. The number of nitrogens with two attached hydrogens (primary N) is 9. The Morgan fingerprint density at radius 1 is 0.354 bits per heavy atom. The fourth-order valence-corrected chi connectivity index (χ4v) is 15.3. The van der Waals surface area contributed by atoms with E-state index in [0.29, 0.717) is 23.1 Å². The van der Waals surface area contributed by atoms with Gasteiger partial charge in [-0.05, 0) is 195 Å². The van der Waals surface area contributed by atoms with Crippen molar-refractivity contribution in [3.63, 3.8) is 0 Å². The van der Waals surface area contributed by atoms with Gasteiger partial charge >= 0.3 is 5.97 Å². The minimum Gasteiger partial charge on any atom is -0.508 e. The maximum atomic E-state index is 15.1. The number of nitrogens with one attached hydrogen (secondary N) is 24. The first-order valence-corrected chi connectivity index (χ1v) is 46.9. The molecule has 2 heterocycles. The van der Waals surface area contributed by atoms with Crippen molar-refractivity contribution in [2.75, 3.05) is 79.5 Å². The smallest absolute Gasteiger partial charge is 0.340 e. The van der Waals surface area contributed by atoms with Crippen LogP contribution >= 0.6 is 0 Å². The molecule has 54 heteroatoms. The fourth-order valence-electron chi connectivity index (χ4n) is 15.3. The Bertz CT molecular complexity index is 5150. The van der Waals surface area contributed by atoms with Crippen LogP contribution in [0.1, 0.15) is 178 Å². The molecule has 0 radical (unpaired) electrons. The Labute approximate surface area is 830 Å². The lowest BCUT2D eigenvalue weighted by Gasteiger charge is -2.36. The molecule has 0 saturated carbocycles. The number of carbonyl (C=O) groups excluding carboxylic acids is 15. The Morgan fingerprint density at radius 2 is 0.701 bits per heavy atom. The Hall–Kier alpha value is -16.3. The summed E-state index contributed by atoms with van der Waals surface area (Å²) in [6.07, 6.45) is -2.03. The van der Waals surface area contributed by atoms with E-state index in [1.54, 1.807) is 14.1 Å². The number of primary amides is 2. The van der Waals surface area contributed by atoms with E-state index in [-0.39, 0.29) is 226 Å². The topological polar surface area (TPSA) is 932 Å². The fraction of sp³-hybridized carbons (Fsp3) is 0.500. The number of hydrogen-bond donors (Lipinski definition) is 36. The van der Waals surface area contributed by atoms with E-state index in [1.807, 2.05) is 0 Å². The van der Waals surface area contributed by atoms with Crippen molar-refractivity contribution in [2.45, 2.75) is 207 Å². The molecule has 0 bridgehead atoms. The van der Waals surface area contributed by atoms with Crippen molar-refractivity contribution >= 4 is 124 Å². The quantitative estimate of drug-likeness (QED) is 0.00845. The van der Waals surface area contributed by atoms with Crippen LogP contribution in [0, 0.1) is 32.5 Å². The van der Waals surface area contributed by atoms with Crippen LogP contribution in [0.2, 0.25) is 0 Å². The number of benzene rings is 4. The molecule has 788 valence electrons. The molecule has 0 aromatic heterocycles. The number of rotatable bonds is 63. The number of aromatic hydroxyl groups is 3. The lowest BCUT2D eigenvalue weighted by Crippen LogP contribution is -2.60. The van der Waals surface area contributed by atoms with Gasteiger partial charge in [-0.15, -0.1) is 0 Å². The molecule has 4 aromatic carbocycles. The lowest BCUT2D eigenvalue weighted by atomic mass is 9.77. The van der Waals surface area contributed by atoms with Crippen LogP contribution in [-0.2, 0) is 79.1 Å². The molecule has 0 aliphatic carbocycles. The minimum absolute atomic E-state index is 0.00154. The van der Waals surface area contributed by atoms with Gasteiger partial charge in [-0.1, -0.05) is 12.1 Å². The summed E-state index contributed by atoms with van der Waals surface area (Å²) >= 11 is 0. The molecule has 14 amide bonds. The van der Waals surface area contributed by atoms with Crippen LogP contribution in [0.25, 0.3) is 0 Å². The number of carbonyl (C=O) groups is 15. The van der Waals surface area contributed by atoms with Crippen molar-refractivity contribution in [2.24, 2.45) is 51.6 Å². The second-order valence-electron chi connectivity index (χ2n) is 34.3. The van der Waals surface area contributed by atoms with Gasteiger partial charge in [0.05, 0.1) is 12.1 Å². The van der Waals surface area contributed by atoms with Gasteiger partial charge in [0, 0.05) is 114 Å². The van der Waals surface area contributed by atoms with Crippen LogP contribution in [0.15, 0.2) is 78.9 Å². The second-order valence-corrected chi connectivity index (χ2v) is 34.3. The number of nitrogens with zero attached hydrogens (tertiary/aromatic N) is 1. The van der Waals surface area contributed by atoms with Gasteiger partial charge in [0.2, 0.25) is 76.8 Å². The standard InChI is InChI=1S/C90H138N34O20/c1-124(2)89(105)112-41-7-15-57(72(94)131)116-76(135)61(17-9-37-108-85(97)98)119-80(139)63(19-11-39-110-87(101)102)122-82(141)65(31-32-69(93)128)123-81(140)64(20-12-40-111-88(103)104)121-79(138)62(18-10-38-109-86(99)100)120-78(137)60(14-4-6-35-92)118-77(136)59(13-3-5-34-91)117-75(134)58(16-8-36-107-84(95)96)114-71(130)47-113-74(133)66(43-48-21-24-50(125)25-22-48)115-70(129)33-42-106-73(132)49-23-28-53-56(44-49)90(144-83(53)142)54-29-26-51(126)45-67(54)143-68-46-52(127)27-30-55(68)90/h21-30,44-46,57-66,125-127H,3-20,31-43,47,91-92H2,1-2H3,(H2,93,128)(H2,94,131)(H2,105,112)(H,106,132)(H,113,133)(H,114,130)(H,115,129)(H,116,135)(H,117,134)(H,118,136)(H,119,139)(H,120,137)(H,121,138)(H,122,141)(H,123,140)(H4,95,96,107)(H4,97,98,108)(H4,99,100,109)(H4,101,102,110)(H4,103,104,111)/t57-,58-,59-,60-,61-,62-,63-,64-,65-,66-/m0/s1. The normalized spacial score (nSPS) is 13.8. The average Bonchev–Trinajstić information content (AvgIpc) is 1.51. The number of ether oxygens (including phenoxy) is 2. The van der Waals surface area contributed by atoms with E-state index in [2.05, 4.69) is 95.7 Å². The highest BCUT2D eigenvalue weighted by Crippen LogP contribution is 2.57. The minimum atomic E-state index is -1.77. The molecule has 2 aliphatic rings. The molecule has 0 fully saturated rings. The third kappa shape index (κ3) is 39.0. The molecule has 45 N–H and O–H groups in total. The van der Waals surface area contributed by atoms with Gasteiger partial charge in [-0.3, -0.25) is 99.6 Å². The second kappa shape index (κ2) is 59.3. The Balaban J connectivity index is 1.21. The van der Waals surface area contributed by atoms with E-state index in [9.17, 15) is 77.6 Å². The van der Waals surface area contributed by atoms with Crippen LogP contribution in [0.5, 0.6) is 28.7 Å². The van der Waals surface area contributed by atoms with Crippen molar-refractivity contribution < 1.29 is 96.7 Å². The summed E-state index contributed by atoms with van der Waals surface area (Å²) in [5.74, 6) is -16.5. The molecule has 6 rings (SSSR count). The molecule has 144 heavy (non-hydrogen) atoms. The summed E-state index contributed by atoms with van der Waals surface area (Å²) < 4.78 is 12.2. The van der Waals surface area contributed by atoms with Gasteiger partial charge in [-0.2, -0.15) is 0 Å². The largest absolute Gasteiger partial charge is 0.508 e. The highest BCUT2D eigenvalue weighted by atomic mass is 16.6. The number of fused-ring (bicyclic) bond motifs is 6. The maximum absolute atomic E-state index is 15.1. The van der Waals surface area contributed by atoms with Gasteiger partial charge in [0.15, 0.2) is 41.4 Å². The van der Waals surface area contributed by atoms with Gasteiger partial charge < -0.3 is 177 Å². The highest BCUT2D eigenvalue weighted by Gasteiger charge is 2.54. The Morgan fingerprint density at radius 3 is 1.07 bits per heavy atom. The molecule has 4 aromatic rings. The summed E-state index contributed by atoms with van der Waals surface area (Å²) in [5.41, 5.74) is 50.6. The maximum Gasteiger partial charge on any atom is 0.340 e. The summed E-state index contributed by atoms with van der Waals surface area (Å²) in [4.78, 5) is 215. The van der Waals surface area contributed by atoms with E-state index in [1.165, 1.54) is 83.8 Å². The first-order valence-electron chi connectivity index (χ1n) is 46.9. The molecule has 54 nitrogen and oxygen atoms in total. The molecule has 10 atom stereocenters. The third-order valence-corrected chi connectivity index (χ3v) is 22.8.